The highest BCUT2D eigenvalue weighted by atomic mass is 16.2. The Hall–Kier alpha value is -2.30. The summed E-state index contributed by atoms with van der Waals surface area (Å²) in [7, 11) is 1.98. The molecule has 0 unspecified atom stereocenters. The van der Waals surface area contributed by atoms with Crippen LogP contribution in [0.25, 0.3) is 0 Å². The van der Waals surface area contributed by atoms with Gasteiger partial charge >= 0.3 is 0 Å². The molecule has 1 aliphatic heterocycles. The maximum Gasteiger partial charge on any atom is 0.224 e. The van der Waals surface area contributed by atoms with Gasteiger partial charge in [0.05, 0.1) is 35.3 Å². The molecule has 0 radical (unpaired) electrons. The largest absolute Gasteiger partial charge is 0.362 e. The molecule has 2 heterocycles. The maximum atomic E-state index is 12.0. The van der Waals surface area contributed by atoms with Crippen LogP contribution in [-0.4, -0.2) is 28.3 Å². The fourth-order valence-corrected chi connectivity index (χ4v) is 3.31. The average Bonchev–Trinajstić information content (AvgIpc) is 2.76. The van der Waals surface area contributed by atoms with E-state index < -0.39 is 0 Å². The molecule has 22 heavy (non-hydrogen) atoms. The number of aromatic nitrogens is 2. The van der Waals surface area contributed by atoms with Crippen LogP contribution in [-0.2, 0) is 18.4 Å². The standard InChI is InChI=1S/C17H22N4O/c1-12-9-15(19(4)18-12)11-20-10-13(2)21(14(3)22)17-8-6-5-7-16(17)20/h5-9,13H,10-11H2,1-4H3/t13-/m0/s1. The number of amides is 1. The Morgan fingerprint density at radius 2 is 2.00 bits per heavy atom. The number of carbonyl (C=O) groups excluding carboxylic acids is 1. The third kappa shape index (κ3) is 2.47. The highest BCUT2D eigenvalue weighted by Gasteiger charge is 2.30. The van der Waals surface area contributed by atoms with Gasteiger partial charge in [0.1, 0.15) is 0 Å². The van der Waals surface area contributed by atoms with Crippen molar-refractivity contribution in [3.63, 3.8) is 0 Å². The fraction of sp³-hybridized carbons (Fsp3) is 0.412. The zero-order chi connectivity index (χ0) is 15.9. The van der Waals surface area contributed by atoms with Crippen molar-refractivity contribution in [1.82, 2.24) is 9.78 Å². The van der Waals surface area contributed by atoms with E-state index in [4.69, 9.17) is 0 Å². The van der Waals surface area contributed by atoms with E-state index in [1.54, 1.807) is 6.92 Å². The van der Waals surface area contributed by atoms with Gasteiger partial charge in [-0.15, -0.1) is 0 Å². The molecule has 3 rings (SSSR count). The van der Waals surface area contributed by atoms with E-state index in [-0.39, 0.29) is 11.9 Å². The SMILES string of the molecule is CC(=O)N1c2ccccc2N(Cc2cc(C)nn2C)C[C@@H]1C. The van der Waals surface area contributed by atoms with Gasteiger partial charge < -0.3 is 9.80 Å². The number of para-hydroxylation sites is 2. The second-order valence-electron chi connectivity index (χ2n) is 6.01. The molecule has 1 aliphatic rings. The van der Waals surface area contributed by atoms with E-state index in [9.17, 15) is 4.79 Å². The lowest BCUT2D eigenvalue weighted by molar-refractivity contribution is -0.117. The smallest absolute Gasteiger partial charge is 0.224 e. The first-order valence-electron chi connectivity index (χ1n) is 7.60. The van der Waals surface area contributed by atoms with Crippen molar-refractivity contribution in [3.8, 4) is 0 Å². The first-order chi connectivity index (χ1) is 10.5. The predicted octanol–water partition coefficient (Wildman–Crippen LogP) is 2.49. The lowest BCUT2D eigenvalue weighted by atomic mass is 10.1. The zero-order valence-corrected chi connectivity index (χ0v) is 13.6. The summed E-state index contributed by atoms with van der Waals surface area (Å²) in [4.78, 5) is 16.2. The Bertz CT molecular complexity index is 706. The normalized spacial score (nSPS) is 17.5. The second kappa shape index (κ2) is 5.48. The summed E-state index contributed by atoms with van der Waals surface area (Å²) in [6.45, 7) is 7.35. The number of nitrogens with zero attached hydrogens (tertiary/aromatic N) is 4. The summed E-state index contributed by atoms with van der Waals surface area (Å²) in [5, 5.41) is 4.42. The van der Waals surface area contributed by atoms with Crippen molar-refractivity contribution in [3.05, 3.63) is 41.7 Å². The van der Waals surface area contributed by atoms with Crippen LogP contribution in [0.3, 0.4) is 0 Å². The average molecular weight is 298 g/mol. The molecular formula is C17H22N4O. The molecule has 1 aromatic carbocycles. The number of fused-ring (bicyclic) bond motifs is 1. The summed E-state index contributed by atoms with van der Waals surface area (Å²) in [5.41, 5.74) is 4.30. The molecule has 0 saturated heterocycles. The minimum atomic E-state index is 0.0935. The molecule has 0 bridgehead atoms. The molecule has 2 aromatic rings. The highest BCUT2D eigenvalue weighted by Crippen LogP contribution is 2.36. The van der Waals surface area contributed by atoms with E-state index in [1.165, 1.54) is 5.69 Å². The van der Waals surface area contributed by atoms with Crippen molar-refractivity contribution in [2.45, 2.75) is 33.4 Å². The van der Waals surface area contributed by atoms with Gasteiger partial charge in [0.2, 0.25) is 5.91 Å². The van der Waals surface area contributed by atoms with Gasteiger partial charge in [-0.1, -0.05) is 12.1 Å². The molecule has 1 aromatic heterocycles. The van der Waals surface area contributed by atoms with Crippen LogP contribution in [0, 0.1) is 6.92 Å². The molecule has 5 nitrogen and oxygen atoms in total. The number of benzene rings is 1. The summed E-state index contributed by atoms with van der Waals surface area (Å²) >= 11 is 0. The maximum absolute atomic E-state index is 12.0. The monoisotopic (exact) mass is 298 g/mol. The molecule has 0 spiro atoms. The molecular weight excluding hydrogens is 276 g/mol. The third-order valence-electron chi connectivity index (χ3n) is 4.20. The van der Waals surface area contributed by atoms with Crippen LogP contribution >= 0.6 is 0 Å². The molecule has 1 amide bonds. The van der Waals surface area contributed by atoms with Crippen molar-refractivity contribution in [2.24, 2.45) is 7.05 Å². The van der Waals surface area contributed by atoms with Crippen LogP contribution in [0.5, 0.6) is 0 Å². The van der Waals surface area contributed by atoms with E-state index in [2.05, 4.69) is 29.1 Å². The molecule has 0 aliphatic carbocycles. The van der Waals surface area contributed by atoms with Gasteiger partial charge in [-0.2, -0.15) is 5.10 Å². The Labute approximate surface area is 131 Å². The number of hydrogen-bond acceptors (Lipinski definition) is 3. The summed E-state index contributed by atoms with van der Waals surface area (Å²) < 4.78 is 1.93. The Morgan fingerprint density at radius 1 is 1.32 bits per heavy atom. The lowest BCUT2D eigenvalue weighted by Gasteiger charge is -2.41. The number of aryl methyl sites for hydroxylation is 2. The minimum Gasteiger partial charge on any atom is -0.362 e. The topological polar surface area (TPSA) is 41.4 Å². The predicted molar refractivity (Wildman–Crippen MR) is 88.1 cm³/mol. The van der Waals surface area contributed by atoms with Gasteiger partial charge in [-0.05, 0) is 32.0 Å². The highest BCUT2D eigenvalue weighted by molar-refractivity contribution is 5.97. The second-order valence-corrected chi connectivity index (χ2v) is 6.01. The fourth-order valence-electron chi connectivity index (χ4n) is 3.31. The Kier molecular flexibility index (Phi) is 3.64. The van der Waals surface area contributed by atoms with Crippen LogP contribution in [0.15, 0.2) is 30.3 Å². The van der Waals surface area contributed by atoms with Crippen molar-refractivity contribution in [1.29, 1.82) is 0 Å². The van der Waals surface area contributed by atoms with Gasteiger partial charge in [0, 0.05) is 20.5 Å². The number of hydrogen-bond donors (Lipinski definition) is 0. The molecule has 0 fully saturated rings. The molecule has 0 N–H and O–H groups in total. The van der Waals surface area contributed by atoms with Gasteiger partial charge in [-0.25, -0.2) is 0 Å². The third-order valence-corrected chi connectivity index (χ3v) is 4.20. The van der Waals surface area contributed by atoms with Gasteiger partial charge in [-0.3, -0.25) is 9.48 Å². The van der Waals surface area contributed by atoms with Crippen LogP contribution in [0.4, 0.5) is 11.4 Å². The van der Waals surface area contributed by atoms with E-state index in [0.29, 0.717) is 0 Å². The van der Waals surface area contributed by atoms with Crippen molar-refractivity contribution in [2.75, 3.05) is 16.3 Å². The van der Waals surface area contributed by atoms with Crippen LogP contribution < -0.4 is 9.80 Å². The number of rotatable bonds is 2. The lowest BCUT2D eigenvalue weighted by Crippen LogP contribution is -2.49. The molecule has 0 saturated carbocycles. The number of carbonyl (C=O) groups is 1. The molecule has 116 valence electrons. The Morgan fingerprint density at radius 3 is 2.59 bits per heavy atom. The summed E-state index contributed by atoms with van der Waals surface area (Å²) in [5.74, 6) is 0.0935. The molecule has 5 heteroatoms. The van der Waals surface area contributed by atoms with Crippen molar-refractivity contribution < 1.29 is 4.79 Å². The van der Waals surface area contributed by atoms with E-state index in [1.807, 2.05) is 41.8 Å². The molecule has 1 atom stereocenters. The minimum absolute atomic E-state index is 0.0935. The van der Waals surface area contributed by atoms with Crippen molar-refractivity contribution >= 4 is 17.3 Å². The zero-order valence-electron chi connectivity index (χ0n) is 13.6. The van der Waals surface area contributed by atoms with E-state index >= 15 is 0 Å². The first-order valence-corrected chi connectivity index (χ1v) is 7.60. The summed E-state index contributed by atoms with van der Waals surface area (Å²) in [6.07, 6.45) is 0. The van der Waals surface area contributed by atoms with Crippen LogP contribution in [0.2, 0.25) is 0 Å². The quantitative estimate of drug-likeness (QED) is 0.855. The first kappa shape index (κ1) is 14.6. The number of anilines is 2. The van der Waals surface area contributed by atoms with Gasteiger partial charge in [0.25, 0.3) is 0 Å². The Balaban J connectivity index is 1.98. The van der Waals surface area contributed by atoms with Gasteiger partial charge in [0.15, 0.2) is 0 Å². The van der Waals surface area contributed by atoms with E-state index in [0.717, 1.165) is 30.2 Å². The van der Waals surface area contributed by atoms with Crippen LogP contribution in [0.1, 0.15) is 25.2 Å². The summed E-state index contributed by atoms with van der Waals surface area (Å²) in [6, 6.07) is 10.4.